The molecule has 6 heteroatoms. The molecule has 0 N–H and O–H groups in total. The van der Waals surface area contributed by atoms with Gasteiger partial charge in [-0.3, -0.25) is 0 Å². The molecule has 1 saturated heterocycles. The van der Waals surface area contributed by atoms with Crippen molar-refractivity contribution in [1.29, 1.82) is 0 Å². The Morgan fingerprint density at radius 3 is 3.09 bits per heavy atom. The summed E-state index contributed by atoms with van der Waals surface area (Å²) in [7, 11) is 0. The van der Waals surface area contributed by atoms with Crippen LogP contribution in [0.25, 0.3) is 0 Å². The summed E-state index contributed by atoms with van der Waals surface area (Å²) in [4.78, 5) is 11.5. The Kier molecular flexibility index (Phi) is 4.16. The molecule has 1 fully saturated rings. The highest BCUT2D eigenvalue weighted by atomic mass is 16.5. The fourth-order valence-corrected chi connectivity index (χ4v) is 3.94. The Hall–Kier alpha value is -1.69. The number of nitrogens with zero attached hydrogens (tertiary/aromatic N) is 5. The van der Waals surface area contributed by atoms with Gasteiger partial charge in [0.25, 0.3) is 0 Å². The average Bonchev–Trinajstić information content (AvgIpc) is 3.27. The maximum absolute atomic E-state index is 5.18. The maximum Gasteiger partial charge on any atom is 0.226 e. The van der Waals surface area contributed by atoms with Crippen LogP contribution in [0.4, 0.5) is 0 Å². The molecule has 0 unspecified atom stereocenters. The fraction of sp³-hybridized carbons (Fsp3) is 0.706. The average molecular weight is 315 g/mol. The lowest BCUT2D eigenvalue weighted by Gasteiger charge is -2.20. The summed E-state index contributed by atoms with van der Waals surface area (Å²) in [5.41, 5.74) is 2.85. The van der Waals surface area contributed by atoms with E-state index in [0.717, 1.165) is 37.6 Å². The summed E-state index contributed by atoms with van der Waals surface area (Å²) < 4.78 is 7.65. The zero-order chi connectivity index (χ0) is 15.6. The number of aryl methyl sites for hydroxylation is 3. The highest BCUT2D eigenvalue weighted by Crippen LogP contribution is 2.28. The Morgan fingerprint density at radius 2 is 2.22 bits per heavy atom. The van der Waals surface area contributed by atoms with Crippen molar-refractivity contribution in [2.75, 3.05) is 19.6 Å². The summed E-state index contributed by atoms with van der Waals surface area (Å²) >= 11 is 0. The smallest absolute Gasteiger partial charge is 0.226 e. The molecule has 4 rings (SSSR count). The molecule has 1 aliphatic carbocycles. The first-order chi connectivity index (χ1) is 11.3. The Balaban J connectivity index is 1.30. The van der Waals surface area contributed by atoms with E-state index in [2.05, 4.69) is 30.9 Å². The third kappa shape index (κ3) is 3.17. The van der Waals surface area contributed by atoms with Crippen LogP contribution in [0.5, 0.6) is 0 Å². The Labute approximate surface area is 136 Å². The monoisotopic (exact) mass is 315 g/mol. The maximum atomic E-state index is 5.18. The molecule has 1 atom stereocenters. The molecule has 0 aromatic carbocycles. The third-order valence-electron chi connectivity index (χ3n) is 5.14. The van der Waals surface area contributed by atoms with Crippen molar-refractivity contribution in [3.05, 3.63) is 29.4 Å². The Morgan fingerprint density at radius 1 is 1.30 bits per heavy atom. The van der Waals surface area contributed by atoms with Crippen LogP contribution < -0.4 is 0 Å². The first kappa shape index (κ1) is 14.9. The topological polar surface area (TPSA) is 60.0 Å². The number of imidazole rings is 1. The number of likely N-dealkylation sites (tertiary alicyclic amines) is 1. The van der Waals surface area contributed by atoms with Gasteiger partial charge in [0.1, 0.15) is 0 Å². The molecule has 0 saturated carbocycles. The van der Waals surface area contributed by atoms with Gasteiger partial charge in [0, 0.05) is 31.2 Å². The van der Waals surface area contributed by atoms with Crippen molar-refractivity contribution in [1.82, 2.24) is 24.6 Å². The lowest BCUT2D eigenvalue weighted by Crippen LogP contribution is -2.23. The van der Waals surface area contributed by atoms with Crippen molar-refractivity contribution < 1.29 is 4.52 Å². The number of fused-ring (bicyclic) bond motifs is 1. The first-order valence-electron chi connectivity index (χ1n) is 8.86. The predicted molar refractivity (Wildman–Crippen MR) is 86.3 cm³/mol. The van der Waals surface area contributed by atoms with Crippen molar-refractivity contribution in [2.24, 2.45) is 0 Å². The summed E-state index contributed by atoms with van der Waals surface area (Å²) in [6, 6.07) is 0.606. The van der Waals surface area contributed by atoms with E-state index < -0.39 is 0 Å². The van der Waals surface area contributed by atoms with Crippen LogP contribution in [0, 0.1) is 6.92 Å². The van der Waals surface area contributed by atoms with Crippen LogP contribution >= 0.6 is 0 Å². The van der Waals surface area contributed by atoms with E-state index in [-0.39, 0.29) is 0 Å². The molecule has 0 spiro atoms. The van der Waals surface area contributed by atoms with Gasteiger partial charge in [-0.05, 0) is 52.0 Å². The van der Waals surface area contributed by atoms with Crippen molar-refractivity contribution in [3.63, 3.8) is 0 Å². The van der Waals surface area contributed by atoms with E-state index in [4.69, 9.17) is 4.52 Å². The van der Waals surface area contributed by atoms with Gasteiger partial charge in [0.2, 0.25) is 5.89 Å². The van der Waals surface area contributed by atoms with Gasteiger partial charge in [-0.2, -0.15) is 4.98 Å². The lowest BCUT2D eigenvalue weighted by molar-refractivity contribution is 0.306. The number of aromatic nitrogens is 4. The molecule has 124 valence electrons. The van der Waals surface area contributed by atoms with E-state index in [0.29, 0.717) is 6.04 Å². The van der Waals surface area contributed by atoms with Crippen LogP contribution in [0.1, 0.15) is 54.8 Å². The SMILES string of the molecule is Cc1noc(CCCN2CC[C@H](n3cnc4c3CCCC4)C2)n1. The molecule has 2 aromatic rings. The van der Waals surface area contributed by atoms with Gasteiger partial charge in [-0.15, -0.1) is 0 Å². The second-order valence-electron chi connectivity index (χ2n) is 6.83. The van der Waals surface area contributed by atoms with Gasteiger partial charge in [0.05, 0.1) is 12.0 Å². The van der Waals surface area contributed by atoms with E-state index in [1.54, 1.807) is 0 Å². The molecule has 3 heterocycles. The summed E-state index contributed by atoms with van der Waals surface area (Å²) in [6.45, 7) is 5.30. The molecule has 2 aliphatic rings. The van der Waals surface area contributed by atoms with Crippen molar-refractivity contribution in [3.8, 4) is 0 Å². The van der Waals surface area contributed by atoms with Crippen LogP contribution in [0.2, 0.25) is 0 Å². The van der Waals surface area contributed by atoms with Crippen LogP contribution in [-0.2, 0) is 19.3 Å². The molecular formula is C17H25N5O. The second kappa shape index (κ2) is 6.43. The van der Waals surface area contributed by atoms with Gasteiger partial charge in [-0.1, -0.05) is 5.16 Å². The van der Waals surface area contributed by atoms with E-state index in [9.17, 15) is 0 Å². The van der Waals surface area contributed by atoms with Gasteiger partial charge >= 0.3 is 0 Å². The predicted octanol–water partition coefficient (Wildman–Crippen LogP) is 2.33. The minimum atomic E-state index is 0.606. The van der Waals surface area contributed by atoms with E-state index >= 15 is 0 Å². The molecule has 6 nitrogen and oxygen atoms in total. The van der Waals surface area contributed by atoms with Crippen LogP contribution in [0.15, 0.2) is 10.9 Å². The van der Waals surface area contributed by atoms with Crippen molar-refractivity contribution in [2.45, 2.75) is 57.9 Å². The Bertz CT molecular complexity index is 662. The second-order valence-corrected chi connectivity index (χ2v) is 6.83. The molecule has 23 heavy (non-hydrogen) atoms. The zero-order valence-corrected chi connectivity index (χ0v) is 13.9. The van der Waals surface area contributed by atoms with Crippen LogP contribution in [-0.4, -0.2) is 44.2 Å². The molecule has 2 aromatic heterocycles. The third-order valence-corrected chi connectivity index (χ3v) is 5.14. The molecule has 0 amide bonds. The zero-order valence-electron chi connectivity index (χ0n) is 13.9. The first-order valence-corrected chi connectivity index (χ1v) is 8.86. The van der Waals surface area contributed by atoms with Crippen LogP contribution in [0.3, 0.4) is 0 Å². The minimum Gasteiger partial charge on any atom is -0.339 e. The fourth-order valence-electron chi connectivity index (χ4n) is 3.94. The largest absolute Gasteiger partial charge is 0.339 e. The number of hydrogen-bond acceptors (Lipinski definition) is 5. The number of hydrogen-bond donors (Lipinski definition) is 0. The molecule has 0 radical (unpaired) electrons. The van der Waals surface area contributed by atoms with Gasteiger partial charge in [0.15, 0.2) is 5.82 Å². The van der Waals surface area contributed by atoms with Crippen molar-refractivity contribution >= 4 is 0 Å². The normalized spacial score (nSPS) is 21.7. The molecule has 1 aliphatic heterocycles. The summed E-state index contributed by atoms with van der Waals surface area (Å²) in [6.07, 6.45) is 10.3. The highest BCUT2D eigenvalue weighted by Gasteiger charge is 2.27. The minimum absolute atomic E-state index is 0.606. The number of rotatable bonds is 5. The van der Waals surface area contributed by atoms with Gasteiger partial charge in [-0.25, -0.2) is 4.98 Å². The summed E-state index contributed by atoms with van der Waals surface area (Å²) in [5.74, 6) is 1.49. The van der Waals surface area contributed by atoms with E-state index in [1.807, 2.05) is 6.92 Å². The van der Waals surface area contributed by atoms with Gasteiger partial charge < -0.3 is 14.0 Å². The molecule has 0 bridgehead atoms. The summed E-state index contributed by atoms with van der Waals surface area (Å²) in [5, 5.41) is 3.84. The molecular weight excluding hydrogens is 290 g/mol. The quantitative estimate of drug-likeness (QED) is 0.847. The lowest BCUT2D eigenvalue weighted by atomic mass is 10.0. The van der Waals surface area contributed by atoms with E-state index in [1.165, 1.54) is 50.0 Å². The highest BCUT2D eigenvalue weighted by molar-refractivity contribution is 5.17. The standard InChI is InChI=1S/C17H25N5O/c1-13-19-17(23-20-13)7-4-9-21-10-8-14(11-21)22-12-18-15-5-2-3-6-16(15)22/h12,14H,2-11H2,1H3/t14-/m0/s1.